The lowest BCUT2D eigenvalue weighted by Crippen LogP contribution is -2.34. The number of benzene rings is 2. The second-order valence-corrected chi connectivity index (χ2v) is 11.6. The molecule has 5 atom stereocenters. The maximum atomic E-state index is 13.2. The zero-order valence-electron chi connectivity index (χ0n) is 18.7. The van der Waals surface area contributed by atoms with E-state index < -0.39 is 0 Å². The SMILES string of the molecule is COc1ccc([C@H]2c3sc(=O)n(CC(=O)Nc4ccc(F)cc4)c3SC3C4CCC(C4)C32)cc1. The van der Waals surface area contributed by atoms with E-state index >= 15 is 0 Å². The van der Waals surface area contributed by atoms with Crippen LogP contribution in [-0.2, 0) is 11.3 Å². The molecule has 1 amide bonds. The molecule has 2 aliphatic carbocycles. The van der Waals surface area contributed by atoms with Gasteiger partial charge in [0.2, 0.25) is 5.91 Å². The second kappa shape index (κ2) is 8.57. The summed E-state index contributed by atoms with van der Waals surface area (Å²) in [7, 11) is 1.67. The zero-order valence-corrected chi connectivity index (χ0v) is 20.3. The first kappa shape index (κ1) is 21.9. The maximum Gasteiger partial charge on any atom is 0.308 e. The summed E-state index contributed by atoms with van der Waals surface area (Å²) >= 11 is 3.10. The molecule has 8 heteroatoms. The van der Waals surface area contributed by atoms with Gasteiger partial charge < -0.3 is 10.1 Å². The van der Waals surface area contributed by atoms with E-state index in [-0.39, 0.29) is 29.1 Å². The van der Waals surface area contributed by atoms with Crippen LogP contribution in [0, 0.1) is 23.6 Å². The normalized spacial score (nSPS) is 26.7. The lowest BCUT2D eigenvalue weighted by molar-refractivity contribution is -0.116. The lowest BCUT2D eigenvalue weighted by atomic mass is 9.75. The highest BCUT2D eigenvalue weighted by molar-refractivity contribution is 8.00. The van der Waals surface area contributed by atoms with E-state index in [0.717, 1.165) is 15.7 Å². The summed E-state index contributed by atoms with van der Waals surface area (Å²) < 4.78 is 20.2. The number of carbonyl (C=O) groups excluding carboxylic acids is 1. The minimum atomic E-state index is -0.359. The third kappa shape index (κ3) is 3.67. The molecule has 1 aromatic heterocycles. The van der Waals surface area contributed by atoms with Crippen molar-refractivity contribution in [1.29, 1.82) is 0 Å². The fourth-order valence-electron chi connectivity index (χ4n) is 6.15. The Kier molecular flexibility index (Phi) is 5.53. The molecule has 1 N–H and O–H groups in total. The Labute approximate surface area is 205 Å². The fraction of sp³-hybridized carbons (Fsp3) is 0.385. The van der Waals surface area contributed by atoms with E-state index in [4.69, 9.17) is 4.74 Å². The van der Waals surface area contributed by atoms with Crippen molar-refractivity contribution in [2.45, 2.75) is 42.0 Å². The lowest BCUT2D eigenvalue weighted by Gasteiger charge is -2.40. The Morgan fingerprint density at radius 2 is 1.85 bits per heavy atom. The number of aromatic nitrogens is 1. The zero-order chi connectivity index (χ0) is 23.4. The van der Waals surface area contributed by atoms with Crippen molar-refractivity contribution in [3.05, 3.63) is 74.5 Å². The molecule has 5 nitrogen and oxygen atoms in total. The quantitative estimate of drug-likeness (QED) is 0.517. The number of amides is 1. The molecule has 1 aliphatic heterocycles. The molecule has 2 saturated carbocycles. The average molecular weight is 497 g/mol. The number of rotatable bonds is 5. The Morgan fingerprint density at radius 1 is 1.12 bits per heavy atom. The summed E-state index contributed by atoms with van der Waals surface area (Å²) in [5, 5.41) is 4.20. The van der Waals surface area contributed by atoms with Crippen molar-refractivity contribution in [2.24, 2.45) is 17.8 Å². The molecule has 6 rings (SSSR count). The van der Waals surface area contributed by atoms with Crippen LogP contribution in [0.1, 0.15) is 35.6 Å². The predicted octanol–water partition coefficient (Wildman–Crippen LogP) is 5.35. The molecule has 0 radical (unpaired) electrons. The van der Waals surface area contributed by atoms with Crippen LogP contribution in [0.3, 0.4) is 0 Å². The summed E-state index contributed by atoms with van der Waals surface area (Å²) in [5.74, 6) is 2.22. The third-order valence-electron chi connectivity index (χ3n) is 7.60. The van der Waals surface area contributed by atoms with Crippen LogP contribution in [0.2, 0.25) is 0 Å². The summed E-state index contributed by atoms with van der Waals surface area (Å²) in [5.41, 5.74) is 1.73. The molecule has 2 fully saturated rings. The second-order valence-electron chi connectivity index (χ2n) is 9.42. The number of carbonyl (C=O) groups is 1. The molecule has 2 bridgehead atoms. The van der Waals surface area contributed by atoms with Gasteiger partial charge in [0.25, 0.3) is 0 Å². The first-order chi connectivity index (χ1) is 16.5. The van der Waals surface area contributed by atoms with Crippen LogP contribution < -0.4 is 14.9 Å². The van der Waals surface area contributed by atoms with Crippen LogP contribution in [0.25, 0.3) is 0 Å². The van der Waals surface area contributed by atoms with Crippen molar-refractivity contribution in [3.63, 3.8) is 0 Å². The van der Waals surface area contributed by atoms with Gasteiger partial charge in [0.05, 0.1) is 12.1 Å². The molecular weight excluding hydrogens is 471 g/mol. The van der Waals surface area contributed by atoms with E-state index in [0.29, 0.717) is 28.7 Å². The summed E-state index contributed by atoms with van der Waals surface area (Å²) in [6.45, 7) is -0.0458. The van der Waals surface area contributed by atoms with Gasteiger partial charge in [0.1, 0.15) is 18.1 Å². The third-order valence-corrected chi connectivity index (χ3v) is 10.4. The first-order valence-electron chi connectivity index (χ1n) is 11.6. The molecule has 0 saturated heterocycles. The molecule has 176 valence electrons. The molecule has 0 spiro atoms. The minimum absolute atomic E-state index is 0.0458. The Morgan fingerprint density at radius 3 is 2.59 bits per heavy atom. The first-order valence-corrected chi connectivity index (χ1v) is 13.3. The number of hydrogen-bond acceptors (Lipinski definition) is 5. The van der Waals surface area contributed by atoms with Gasteiger partial charge in [-0.25, -0.2) is 4.39 Å². The summed E-state index contributed by atoms with van der Waals surface area (Å²) in [6.07, 6.45) is 3.78. The van der Waals surface area contributed by atoms with Gasteiger partial charge in [-0.05, 0) is 79.0 Å². The highest BCUT2D eigenvalue weighted by atomic mass is 32.2. The van der Waals surface area contributed by atoms with E-state index in [1.807, 2.05) is 23.9 Å². The van der Waals surface area contributed by atoms with Crippen LogP contribution in [0.4, 0.5) is 10.1 Å². The number of nitrogens with zero attached hydrogens (tertiary/aromatic N) is 1. The summed E-state index contributed by atoms with van der Waals surface area (Å²) in [6, 6.07) is 13.9. The van der Waals surface area contributed by atoms with E-state index in [1.165, 1.54) is 60.4 Å². The minimum Gasteiger partial charge on any atom is -0.497 e. The molecule has 34 heavy (non-hydrogen) atoms. The van der Waals surface area contributed by atoms with Crippen LogP contribution in [0.15, 0.2) is 58.4 Å². The predicted molar refractivity (Wildman–Crippen MR) is 132 cm³/mol. The smallest absolute Gasteiger partial charge is 0.308 e. The van der Waals surface area contributed by atoms with Crippen LogP contribution >= 0.6 is 23.1 Å². The fourth-order valence-corrected chi connectivity index (χ4v) is 9.30. The van der Waals surface area contributed by atoms with Crippen molar-refractivity contribution in [1.82, 2.24) is 4.57 Å². The van der Waals surface area contributed by atoms with Gasteiger partial charge in [-0.2, -0.15) is 0 Å². The number of fused-ring (bicyclic) bond motifs is 6. The molecule has 3 aromatic rings. The van der Waals surface area contributed by atoms with Crippen molar-refractivity contribution in [3.8, 4) is 5.75 Å². The van der Waals surface area contributed by atoms with Crippen LogP contribution in [0.5, 0.6) is 5.75 Å². The number of methoxy groups -OCH3 is 1. The van der Waals surface area contributed by atoms with Gasteiger partial charge in [-0.15, -0.1) is 11.8 Å². The van der Waals surface area contributed by atoms with E-state index in [1.54, 1.807) is 11.7 Å². The number of thioether (sulfide) groups is 1. The van der Waals surface area contributed by atoms with Crippen molar-refractivity contribution in [2.75, 3.05) is 12.4 Å². The van der Waals surface area contributed by atoms with Crippen molar-refractivity contribution >= 4 is 34.7 Å². The Balaban J connectivity index is 1.35. The van der Waals surface area contributed by atoms with Crippen LogP contribution in [-0.4, -0.2) is 22.8 Å². The molecule has 3 aliphatic rings. The van der Waals surface area contributed by atoms with E-state index in [2.05, 4.69) is 17.4 Å². The van der Waals surface area contributed by atoms with E-state index in [9.17, 15) is 14.0 Å². The molecular formula is C26H25FN2O3S2. The maximum absolute atomic E-state index is 13.2. The topological polar surface area (TPSA) is 60.3 Å². The molecule has 2 aromatic carbocycles. The monoisotopic (exact) mass is 496 g/mol. The number of hydrogen-bond donors (Lipinski definition) is 1. The molecule has 4 unspecified atom stereocenters. The standard InChI is InChI=1S/C26H25FN2O3S2/c1-32-19-10-4-14(5-11-19)21-22-15-2-3-16(12-15)23(22)33-25-24(21)34-26(31)29(25)13-20(30)28-18-8-6-17(27)7-9-18/h4-11,15-16,21-23H,2-3,12-13H2,1H3,(H,28,30)/t15?,16?,21-,22?,23?/m1/s1. The van der Waals surface area contributed by atoms with Gasteiger partial charge >= 0.3 is 4.87 Å². The van der Waals surface area contributed by atoms with Crippen molar-refractivity contribution < 1.29 is 13.9 Å². The van der Waals surface area contributed by atoms with Gasteiger partial charge in [-0.3, -0.25) is 14.2 Å². The van der Waals surface area contributed by atoms with Gasteiger partial charge in [0.15, 0.2) is 0 Å². The highest BCUT2D eigenvalue weighted by Gasteiger charge is 2.55. The van der Waals surface area contributed by atoms with Gasteiger partial charge in [-0.1, -0.05) is 23.5 Å². The largest absolute Gasteiger partial charge is 0.497 e. The number of anilines is 1. The number of nitrogens with one attached hydrogen (secondary N) is 1. The highest BCUT2D eigenvalue weighted by Crippen LogP contribution is 2.64. The number of ether oxygens (including phenoxy) is 1. The average Bonchev–Trinajstić information content (AvgIpc) is 3.54. The number of thiazole rings is 1. The Hall–Kier alpha value is -2.58. The number of halogens is 1. The summed E-state index contributed by atoms with van der Waals surface area (Å²) in [4.78, 5) is 26.9. The Bertz CT molecular complexity index is 1280. The molecule has 2 heterocycles. The van der Waals surface area contributed by atoms with Gasteiger partial charge in [0, 0.05) is 21.7 Å².